The van der Waals surface area contributed by atoms with Crippen LogP contribution in [0.4, 0.5) is 9.52 Å². The van der Waals surface area contributed by atoms with E-state index >= 15 is 0 Å². The number of thiazole rings is 1. The maximum atomic E-state index is 13.2. The van der Waals surface area contributed by atoms with Crippen molar-refractivity contribution in [2.75, 3.05) is 11.9 Å². The van der Waals surface area contributed by atoms with Gasteiger partial charge < -0.3 is 4.74 Å². The Kier molecular flexibility index (Phi) is 4.58. The van der Waals surface area contributed by atoms with E-state index in [-0.39, 0.29) is 11.7 Å². The number of ether oxygens (including phenoxy) is 1. The first-order chi connectivity index (χ1) is 11.1. The fourth-order valence-corrected chi connectivity index (χ4v) is 3.41. The lowest BCUT2D eigenvalue weighted by Crippen LogP contribution is -2.11. The van der Waals surface area contributed by atoms with Gasteiger partial charge in [0.25, 0.3) is 5.91 Å². The van der Waals surface area contributed by atoms with Gasteiger partial charge in [0, 0.05) is 5.56 Å². The van der Waals surface area contributed by atoms with Crippen molar-refractivity contribution in [2.24, 2.45) is 0 Å². The van der Waals surface area contributed by atoms with Crippen LogP contribution in [0.15, 0.2) is 40.9 Å². The van der Waals surface area contributed by atoms with Crippen LogP contribution >= 0.6 is 27.3 Å². The van der Waals surface area contributed by atoms with Crippen molar-refractivity contribution in [1.82, 2.24) is 4.98 Å². The molecule has 0 unspecified atom stereocenters. The molecule has 0 aliphatic heterocycles. The molecule has 0 bridgehead atoms. The van der Waals surface area contributed by atoms with Crippen LogP contribution in [0.25, 0.3) is 10.2 Å². The highest BCUT2D eigenvalue weighted by atomic mass is 79.9. The monoisotopic (exact) mass is 394 g/mol. The molecule has 2 aromatic carbocycles. The SMILES string of the molecule is CCOc1ccc(C(=O)Nc2nc3ccc(F)cc3s2)cc1Br. The third-order valence-electron chi connectivity index (χ3n) is 3.06. The van der Waals surface area contributed by atoms with Crippen LogP contribution in [0.1, 0.15) is 17.3 Å². The molecule has 0 spiro atoms. The highest BCUT2D eigenvalue weighted by Gasteiger charge is 2.12. The lowest BCUT2D eigenvalue weighted by atomic mass is 10.2. The maximum absolute atomic E-state index is 13.2. The topological polar surface area (TPSA) is 51.2 Å². The minimum absolute atomic E-state index is 0.284. The summed E-state index contributed by atoms with van der Waals surface area (Å²) < 4.78 is 20.0. The molecule has 118 valence electrons. The van der Waals surface area contributed by atoms with Gasteiger partial charge in [-0.05, 0) is 59.3 Å². The molecular weight excluding hydrogens is 383 g/mol. The van der Waals surface area contributed by atoms with Crippen LogP contribution in [-0.2, 0) is 0 Å². The molecule has 1 amide bonds. The number of hydrogen-bond acceptors (Lipinski definition) is 4. The molecule has 7 heteroatoms. The zero-order valence-corrected chi connectivity index (χ0v) is 14.5. The third kappa shape index (κ3) is 3.51. The minimum Gasteiger partial charge on any atom is -0.493 e. The molecule has 0 aliphatic carbocycles. The standard InChI is InChI=1S/C16H12BrFN2O2S/c1-2-22-13-6-3-9(7-11(13)17)15(21)20-16-19-12-5-4-10(18)8-14(12)23-16/h3-8H,2H2,1H3,(H,19,20,21). The zero-order chi connectivity index (χ0) is 16.4. The Balaban J connectivity index is 1.81. The molecule has 0 radical (unpaired) electrons. The molecule has 0 saturated carbocycles. The quantitative estimate of drug-likeness (QED) is 0.687. The molecule has 3 aromatic rings. The summed E-state index contributed by atoms with van der Waals surface area (Å²) in [6, 6.07) is 9.43. The number of amides is 1. The van der Waals surface area contributed by atoms with E-state index in [4.69, 9.17) is 4.74 Å². The molecule has 1 aromatic heterocycles. The summed E-state index contributed by atoms with van der Waals surface area (Å²) in [6.07, 6.45) is 0. The van der Waals surface area contributed by atoms with Crippen molar-refractivity contribution >= 4 is 48.5 Å². The number of fused-ring (bicyclic) bond motifs is 1. The summed E-state index contributed by atoms with van der Waals surface area (Å²) in [5.74, 6) is 0.0715. The Morgan fingerprint density at radius 2 is 2.17 bits per heavy atom. The zero-order valence-electron chi connectivity index (χ0n) is 12.1. The molecule has 0 atom stereocenters. The highest BCUT2D eigenvalue weighted by Crippen LogP contribution is 2.28. The van der Waals surface area contributed by atoms with Crippen molar-refractivity contribution in [3.8, 4) is 5.75 Å². The number of halogens is 2. The second-order valence-corrected chi connectivity index (χ2v) is 6.55. The molecule has 1 N–H and O–H groups in total. The Morgan fingerprint density at radius 3 is 2.91 bits per heavy atom. The van der Waals surface area contributed by atoms with Gasteiger partial charge in [0.1, 0.15) is 11.6 Å². The fraction of sp³-hybridized carbons (Fsp3) is 0.125. The summed E-state index contributed by atoms with van der Waals surface area (Å²) in [5.41, 5.74) is 1.13. The number of hydrogen-bond donors (Lipinski definition) is 1. The van der Waals surface area contributed by atoms with Gasteiger partial charge in [0.2, 0.25) is 0 Å². The third-order valence-corrected chi connectivity index (χ3v) is 4.62. The van der Waals surface area contributed by atoms with E-state index < -0.39 is 0 Å². The van der Waals surface area contributed by atoms with Crippen molar-refractivity contribution in [3.05, 3.63) is 52.3 Å². The van der Waals surface area contributed by atoms with Gasteiger partial charge in [-0.15, -0.1) is 0 Å². The van der Waals surface area contributed by atoms with E-state index in [0.717, 1.165) is 0 Å². The summed E-state index contributed by atoms with van der Waals surface area (Å²) in [7, 11) is 0. The molecule has 0 fully saturated rings. The second kappa shape index (κ2) is 6.64. The lowest BCUT2D eigenvalue weighted by Gasteiger charge is -2.07. The smallest absolute Gasteiger partial charge is 0.257 e. The predicted octanol–water partition coefficient (Wildman–Crippen LogP) is 4.85. The highest BCUT2D eigenvalue weighted by molar-refractivity contribution is 9.10. The molecule has 4 nitrogen and oxygen atoms in total. The van der Waals surface area contributed by atoms with Gasteiger partial charge in [-0.3, -0.25) is 10.1 Å². The molecule has 3 rings (SSSR count). The van der Waals surface area contributed by atoms with Crippen LogP contribution < -0.4 is 10.1 Å². The summed E-state index contributed by atoms with van der Waals surface area (Å²) in [5, 5.41) is 3.16. The number of carbonyl (C=O) groups excluding carboxylic acids is 1. The van der Waals surface area contributed by atoms with Gasteiger partial charge in [0.15, 0.2) is 5.13 Å². The Labute approximate surface area is 144 Å². The van der Waals surface area contributed by atoms with Crippen LogP contribution in [-0.4, -0.2) is 17.5 Å². The van der Waals surface area contributed by atoms with Crippen molar-refractivity contribution in [1.29, 1.82) is 0 Å². The minimum atomic E-state index is -0.325. The fourth-order valence-electron chi connectivity index (χ4n) is 2.04. The number of nitrogens with zero attached hydrogens (tertiary/aromatic N) is 1. The van der Waals surface area contributed by atoms with E-state index in [2.05, 4.69) is 26.2 Å². The van der Waals surface area contributed by atoms with Gasteiger partial charge in [-0.2, -0.15) is 0 Å². The Hall–Kier alpha value is -1.99. The number of rotatable bonds is 4. The van der Waals surface area contributed by atoms with Gasteiger partial charge in [0.05, 0.1) is 21.3 Å². The van der Waals surface area contributed by atoms with E-state index in [9.17, 15) is 9.18 Å². The largest absolute Gasteiger partial charge is 0.493 e. The summed E-state index contributed by atoms with van der Waals surface area (Å²) >= 11 is 4.61. The number of anilines is 1. The summed E-state index contributed by atoms with van der Waals surface area (Å²) in [4.78, 5) is 16.6. The van der Waals surface area contributed by atoms with Crippen molar-refractivity contribution in [2.45, 2.75) is 6.92 Å². The normalized spacial score (nSPS) is 10.7. The number of benzene rings is 2. The molecule has 1 heterocycles. The molecule has 23 heavy (non-hydrogen) atoms. The second-order valence-electron chi connectivity index (χ2n) is 4.66. The van der Waals surface area contributed by atoms with Crippen LogP contribution in [0.2, 0.25) is 0 Å². The number of carbonyl (C=O) groups is 1. The van der Waals surface area contributed by atoms with Gasteiger partial charge >= 0.3 is 0 Å². The summed E-state index contributed by atoms with van der Waals surface area (Å²) in [6.45, 7) is 2.44. The number of nitrogens with one attached hydrogen (secondary N) is 1. The van der Waals surface area contributed by atoms with E-state index in [0.29, 0.717) is 37.7 Å². The maximum Gasteiger partial charge on any atom is 0.257 e. The molecule has 0 aliphatic rings. The van der Waals surface area contributed by atoms with Crippen molar-refractivity contribution < 1.29 is 13.9 Å². The average Bonchev–Trinajstić information content (AvgIpc) is 2.90. The first-order valence-corrected chi connectivity index (χ1v) is 8.47. The molecular formula is C16H12BrFN2O2S. The van der Waals surface area contributed by atoms with Crippen LogP contribution in [0.5, 0.6) is 5.75 Å². The molecule has 0 saturated heterocycles. The van der Waals surface area contributed by atoms with E-state index in [1.807, 2.05) is 6.92 Å². The Bertz CT molecular complexity index is 882. The van der Waals surface area contributed by atoms with Crippen LogP contribution in [0, 0.1) is 5.82 Å². The Morgan fingerprint density at radius 1 is 1.35 bits per heavy atom. The van der Waals surface area contributed by atoms with E-state index in [1.54, 1.807) is 24.3 Å². The average molecular weight is 395 g/mol. The first kappa shape index (κ1) is 15.9. The lowest BCUT2D eigenvalue weighted by molar-refractivity contribution is 0.102. The first-order valence-electron chi connectivity index (χ1n) is 6.86. The van der Waals surface area contributed by atoms with Gasteiger partial charge in [-0.25, -0.2) is 9.37 Å². The van der Waals surface area contributed by atoms with E-state index in [1.165, 1.54) is 23.5 Å². The number of aromatic nitrogens is 1. The van der Waals surface area contributed by atoms with Crippen molar-refractivity contribution in [3.63, 3.8) is 0 Å². The van der Waals surface area contributed by atoms with Gasteiger partial charge in [-0.1, -0.05) is 11.3 Å². The predicted molar refractivity (Wildman–Crippen MR) is 92.8 cm³/mol. The van der Waals surface area contributed by atoms with Crippen LogP contribution in [0.3, 0.4) is 0 Å².